The maximum atomic E-state index is 14.1. The van der Waals surface area contributed by atoms with Gasteiger partial charge in [0.05, 0.1) is 5.69 Å². The Morgan fingerprint density at radius 2 is 2.24 bits per heavy atom. The monoisotopic (exact) mass is 251 g/mol. The molecule has 3 nitrogen and oxygen atoms in total. The van der Waals surface area contributed by atoms with Gasteiger partial charge in [0.15, 0.2) is 4.77 Å². The predicted molar refractivity (Wildman–Crippen MR) is 67.4 cm³/mol. The van der Waals surface area contributed by atoms with Crippen LogP contribution in [-0.4, -0.2) is 14.8 Å². The zero-order valence-electron chi connectivity index (χ0n) is 9.83. The lowest BCUT2D eigenvalue weighted by Gasteiger charge is -2.08. The quantitative estimate of drug-likeness (QED) is 0.849. The highest BCUT2D eigenvalue weighted by molar-refractivity contribution is 7.71. The molecular weight excluding hydrogens is 237 g/mol. The van der Waals surface area contributed by atoms with Gasteiger partial charge in [-0.25, -0.2) is 4.39 Å². The number of aryl methyl sites for hydroxylation is 2. The molecule has 1 aromatic heterocycles. The van der Waals surface area contributed by atoms with E-state index in [9.17, 15) is 4.39 Å². The molecule has 0 saturated heterocycles. The number of nitrogens with zero attached hydrogens (tertiary/aromatic N) is 2. The summed E-state index contributed by atoms with van der Waals surface area (Å²) in [7, 11) is 0. The van der Waals surface area contributed by atoms with Gasteiger partial charge in [0.2, 0.25) is 0 Å². The second-order valence-corrected chi connectivity index (χ2v) is 4.33. The molecule has 0 spiro atoms. The lowest BCUT2D eigenvalue weighted by Crippen LogP contribution is -2.04. The molecule has 0 unspecified atom stereocenters. The van der Waals surface area contributed by atoms with Crippen molar-refractivity contribution in [2.24, 2.45) is 0 Å². The second kappa shape index (κ2) is 4.79. The van der Waals surface area contributed by atoms with Crippen molar-refractivity contribution in [3.05, 3.63) is 40.2 Å². The predicted octanol–water partition coefficient (Wildman–Crippen LogP) is 3.33. The Kier molecular flexibility index (Phi) is 3.38. The molecule has 0 aliphatic heterocycles. The van der Waals surface area contributed by atoms with Gasteiger partial charge in [-0.2, -0.15) is 5.10 Å². The van der Waals surface area contributed by atoms with E-state index in [1.807, 2.05) is 6.07 Å². The first-order valence-corrected chi connectivity index (χ1v) is 5.97. The molecule has 0 atom stereocenters. The normalized spacial score (nSPS) is 10.8. The van der Waals surface area contributed by atoms with Crippen LogP contribution in [0.25, 0.3) is 5.69 Å². The average molecular weight is 251 g/mol. The summed E-state index contributed by atoms with van der Waals surface area (Å²) in [4.78, 5) is 0. The highest BCUT2D eigenvalue weighted by atomic mass is 32.1. The lowest BCUT2D eigenvalue weighted by molar-refractivity contribution is 0.605. The first-order chi connectivity index (χ1) is 8.15. The average Bonchev–Trinajstić information content (AvgIpc) is 2.65. The number of rotatable bonds is 3. The molecule has 5 heteroatoms. The van der Waals surface area contributed by atoms with Crippen molar-refractivity contribution in [3.63, 3.8) is 0 Å². The maximum absolute atomic E-state index is 14.1. The molecule has 0 bridgehead atoms. The van der Waals surface area contributed by atoms with Crippen LogP contribution >= 0.6 is 12.2 Å². The van der Waals surface area contributed by atoms with Gasteiger partial charge < -0.3 is 0 Å². The standard InChI is InChI=1S/C12H14FN3S/c1-3-5-10-14-15-12(17)16(10)9-7-4-6-8(2)11(9)13/h4,6-7H,3,5H2,1-2H3,(H,15,17). The fourth-order valence-corrected chi connectivity index (χ4v) is 2.02. The molecule has 17 heavy (non-hydrogen) atoms. The Labute approximate surface area is 104 Å². The van der Waals surface area contributed by atoms with Crippen molar-refractivity contribution in [2.45, 2.75) is 26.7 Å². The lowest BCUT2D eigenvalue weighted by atomic mass is 10.2. The molecule has 2 rings (SSSR count). The van der Waals surface area contributed by atoms with E-state index in [1.54, 1.807) is 23.6 Å². The SMILES string of the molecule is CCCc1n[nH]c(=S)n1-c1cccc(C)c1F. The molecule has 0 radical (unpaired) electrons. The maximum Gasteiger partial charge on any atom is 0.199 e. The Morgan fingerprint density at radius 3 is 2.94 bits per heavy atom. The van der Waals surface area contributed by atoms with Crippen LogP contribution in [0.15, 0.2) is 18.2 Å². The zero-order valence-corrected chi connectivity index (χ0v) is 10.6. The molecule has 0 fully saturated rings. The Balaban J connectivity index is 2.63. The van der Waals surface area contributed by atoms with Gasteiger partial charge in [0, 0.05) is 6.42 Å². The molecule has 2 aromatic rings. The third-order valence-corrected chi connectivity index (χ3v) is 2.90. The minimum Gasteiger partial charge on any atom is -0.269 e. The van der Waals surface area contributed by atoms with Crippen molar-refractivity contribution in [3.8, 4) is 5.69 Å². The van der Waals surface area contributed by atoms with Crippen LogP contribution < -0.4 is 0 Å². The minimum atomic E-state index is -0.248. The van der Waals surface area contributed by atoms with Crippen LogP contribution in [0.5, 0.6) is 0 Å². The first kappa shape index (κ1) is 12.0. The van der Waals surface area contributed by atoms with Gasteiger partial charge in [-0.1, -0.05) is 19.1 Å². The Hall–Kier alpha value is -1.49. The number of hydrogen-bond donors (Lipinski definition) is 1. The molecule has 90 valence electrons. The first-order valence-electron chi connectivity index (χ1n) is 5.57. The molecule has 0 saturated carbocycles. The molecule has 1 heterocycles. The topological polar surface area (TPSA) is 33.6 Å². The van der Waals surface area contributed by atoms with Gasteiger partial charge in [-0.05, 0) is 37.2 Å². The number of H-pyrrole nitrogens is 1. The van der Waals surface area contributed by atoms with Crippen LogP contribution in [0, 0.1) is 17.5 Å². The summed E-state index contributed by atoms with van der Waals surface area (Å²) in [5.74, 6) is 0.518. The summed E-state index contributed by atoms with van der Waals surface area (Å²) in [6.45, 7) is 3.79. The number of aromatic nitrogens is 3. The Bertz CT molecular complexity index is 586. The number of benzene rings is 1. The van der Waals surface area contributed by atoms with E-state index in [0.717, 1.165) is 18.7 Å². The fourth-order valence-electron chi connectivity index (χ4n) is 1.77. The molecule has 0 aliphatic carbocycles. The number of halogens is 1. The molecular formula is C12H14FN3S. The zero-order chi connectivity index (χ0) is 12.4. The molecule has 1 N–H and O–H groups in total. The number of aromatic amines is 1. The fraction of sp³-hybridized carbons (Fsp3) is 0.333. The van der Waals surface area contributed by atoms with E-state index in [-0.39, 0.29) is 5.82 Å². The second-order valence-electron chi connectivity index (χ2n) is 3.94. The van der Waals surface area contributed by atoms with Crippen LogP contribution in [-0.2, 0) is 6.42 Å². The third kappa shape index (κ3) is 2.15. The molecule has 0 amide bonds. The minimum absolute atomic E-state index is 0.248. The highest BCUT2D eigenvalue weighted by Gasteiger charge is 2.12. The van der Waals surface area contributed by atoms with Crippen LogP contribution in [0.3, 0.4) is 0 Å². The van der Waals surface area contributed by atoms with Gasteiger partial charge >= 0.3 is 0 Å². The summed E-state index contributed by atoms with van der Waals surface area (Å²) in [5.41, 5.74) is 1.07. The van der Waals surface area contributed by atoms with Gasteiger partial charge in [-0.3, -0.25) is 9.67 Å². The molecule has 0 aliphatic rings. The van der Waals surface area contributed by atoms with Crippen LogP contribution in [0.2, 0.25) is 0 Å². The van der Waals surface area contributed by atoms with E-state index in [1.165, 1.54) is 0 Å². The van der Waals surface area contributed by atoms with Crippen molar-refractivity contribution in [2.75, 3.05) is 0 Å². The van der Waals surface area contributed by atoms with E-state index in [4.69, 9.17) is 12.2 Å². The third-order valence-electron chi connectivity index (χ3n) is 2.63. The molecule has 1 aromatic carbocycles. The van der Waals surface area contributed by atoms with Crippen LogP contribution in [0.4, 0.5) is 4.39 Å². The van der Waals surface area contributed by atoms with Crippen molar-refractivity contribution >= 4 is 12.2 Å². The smallest absolute Gasteiger partial charge is 0.199 e. The summed E-state index contributed by atoms with van der Waals surface area (Å²) in [6.07, 6.45) is 1.70. The Morgan fingerprint density at radius 1 is 1.47 bits per heavy atom. The summed E-state index contributed by atoms with van der Waals surface area (Å²) < 4.78 is 16.2. The summed E-state index contributed by atoms with van der Waals surface area (Å²) >= 11 is 5.15. The summed E-state index contributed by atoms with van der Waals surface area (Å²) in [6, 6.07) is 5.27. The van der Waals surface area contributed by atoms with Crippen molar-refractivity contribution in [1.29, 1.82) is 0 Å². The van der Waals surface area contributed by atoms with E-state index in [2.05, 4.69) is 17.1 Å². The van der Waals surface area contributed by atoms with Gasteiger partial charge in [-0.15, -0.1) is 0 Å². The number of hydrogen-bond acceptors (Lipinski definition) is 2. The van der Waals surface area contributed by atoms with E-state index < -0.39 is 0 Å². The van der Waals surface area contributed by atoms with Gasteiger partial charge in [0.1, 0.15) is 11.6 Å². The van der Waals surface area contributed by atoms with Crippen molar-refractivity contribution in [1.82, 2.24) is 14.8 Å². The van der Waals surface area contributed by atoms with E-state index >= 15 is 0 Å². The van der Waals surface area contributed by atoms with E-state index in [0.29, 0.717) is 16.0 Å². The summed E-state index contributed by atoms with van der Waals surface area (Å²) in [5, 5.41) is 6.85. The largest absolute Gasteiger partial charge is 0.269 e. The van der Waals surface area contributed by atoms with Crippen LogP contribution in [0.1, 0.15) is 24.7 Å². The van der Waals surface area contributed by atoms with Crippen molar-refractivity contribution < 1.29 is 4.39 Å². The van der Waals surface area contributed by atoms with Gasteiger partial charge in [0.25, 0.3) is 0 Å². The highest BCUT2D eigenvalue weighted by Crippen LogP contribution is 2.18. The number of nitrogens with one attached hydrogen (secondary N) is 1.